The summed E-state index contributed by atoms with van der Waals surface area (Å²) in [6.45, 7) is 1.93. The van der Waals surface area contributed by atoms with Crippen molar-refractivity contribution >= 4 is 29.2 Å². The number of nitrogens with zero attached hydrogens (tertiary/aromatic N) is 4. The summed E-state index contributed by atoms with van der Waals surface area (Å²) in [7, 11) is 1.65. The van der Waals surface area contributed by atoms with Gasteiger partial charge in [0.25, 0.3) is 0 Å². The Labute approximate surface area is 158 Å². The van der Waals surface area contributed by atoms with E-state index in [2.05, 4.69) is 30.5 Å². The van der Waals surface area contributed by atoms with Gasteiger partial charge in [0.1, 0.15) is 5.75 Å². The van der Waals surface area contributed by atoms with Gasteiger partial charge in [-0.05, 0) is 37.1 Å². The van der Waals surface area contributed by atoms with Crippen molar-refractivity contribution in [2.24, 2.45) is 0 Å². The summed E-state index contributed by atoms with van der Waals surface area (Å²) in [5.41, 5.74) is 1.79. The van der Waals surface area contributed by atoms with E-state index in [1.165, 1.54) is 0 Å². The highest BCUT2D eigenvalue weighted by atomic mass is 16.5. The molecule has 4 rings (SSSR count). The molecule has 0 radical (unpaired) electrons. The van der Waals surface area contributed by atoms with Crippen molar-refractivity contribution in [2.75, 3.05) is 35.7 Å². The highest BCUT2D eigenvalue weighted by Crippen LogP contribution is 2.24. The Hall–Kier alpha value is -3.35. The van der Waals surface area contributed by atoms with Gasteiger partial charge in [0.05, 0.1) is 7.11 Å². The second kappa shape index (κ2) is 7.90. The fourth-order valence-electron chi connectivity index (χ4n) is 3.02. The lowest BCUT2D eigenvalue weighted by Gasteiger charge is -2.17. The third-order valence-corrected chi connectivity index (χ3v) is 4.37. The molecule has 0 saturated carbocycles. The first-order chi connectivity index (χ1) is 13.3. The summed E-state index contributed by atoms with van der Waals surface area (Å²) in [4.78, 5) is 16.0. The maximum Gasteiger partial charge on any atom is 0.233 e. The van der Waals surface area contributed by atoms with E-state index < -0.39 is 0 Å². The van der Waals surface area contributed by atoms with Crippen molar-refractivity contribution in [1.29, 1.82) is 0 Å². The van der Waals surface area contributed by atoms with E-state index in [1.54, 1.807) is 7.11 Å². The number of benzene rings is 2. The van der Waals surface area contributed by atoms with Crippen LogP contribution in [0.25, 0.3) is 0 Å². The summed E-state index contributed by atoms with van der Waals surface area (Å²) in [6.07, 6.45) is 2.32. The van der Waals surface area contributed by atoms with E-state index in [-0.39, 0.29) is 0 Å². The van der Waals surface area contributed by atoms with Crippen LogP contribution in [0, 0.1) is 0 Å². The second-order valence-corrected chi connectivity index (χ2v) is 6.32. The molecule has 0 unspecified atom stereocenters. The molecule has 1 fully saturated rings. The molecule has 1 aliphatic rings. The smallest absolute Gasteiger partial charge is 0.233 e. The second-order valence-electron chi connectivity index (χ2n) is 6.32. The maximum atomic E-state index is 5.29. The van der Waals surface area contributed by atoms with Gasteiger partial charge in [0, 0.05) is 30.5 Å². The lowest BCUT2D eigenvalue weighted by Crippen LogP contribution is -2.21. The summed E-state index contributed by atoms with van der Waals surface area (Å²) in [5, 5.41) is 6.52. The Balaban J connectivity index is 1.64. The number of ether oxygens (including phenoxy) is 1. The highest BCUT2D eigenvalue weighted by Gasteiger charge is 2.17. The molecule has 2 heterocycles. The van der Waals surface area contributed by atoms with Gasteiger partial charge in [-0.2, -0.15) is 15.0 Å². The Morgan fingerprint density at radius 2 is 1.48 bits per heavy atom. The number of methoxy groups -OCH3 is 1. The van der Waals surface area contributed by atoms with E-state index >= 15 is 0 Å². The summed E-state index contributed by atoms with van der Waals surface area (Å²) < 4.78 is 5.29. The summed E-state index contributed by atoms with van der Waals surface area (Å²) in [5.74, 6) is 2.48. The molecule has 2 N–H and O–H groups in total. The Bertz CT molecular complexity index is 896. The predicted octanol–water partition coefficient (Wildman–Crippen LogP) is 3.97. The summed E-state index contributed by atoms with van der Waals surface area (Å²) in [6, 6.07) is 17.6. The van der Waals surface area contributed by atoms with Crippen LogP contribution in [0.15, 0.2) is 54.6 Å². The SMILES string of the molecule is COc1cccc(Nc2nc(Nc3ccccc3)nc(N3CCCC3)n2)c1. The van der Waals surface area contributed by atoms with E-state index in [9.17, 15) is 0 Å². The topological polar surface area (TPSA) is 75.2 Å². The normalized spacial score (nSPS) is 13.4. The molecule has 3 aromatic rings. The van der Waals surface area contributed by atoms with Crippen LogP contribution in [0.4, 0.5) is 29.2 Å². The Morgan fingerprint density at radius 1 is 0.815 bits per heavy atom. The van der Waals surface area contributed by atoms with E-state index in [0.29, 0.717) is 17.8 Å². The molecule has 0 atom stereocenters. The molecule has 1 aliphatic heterocycles. The first kappa shape index (κ1) is 17.1. The average molecular weight is 362 g/mol. The first-order valence-corrected chi connectivity index (χ1v) is 9.04. The highest BCUT2D eigenvalue weighted by molar-refractivity contribution is 5.60. The number of nitrogens with one attached hydrogen (secondary N) is 2. The van der Waals surface area contributed by atoms with Gasteiger partial charge < -0.3 is 20.3 Å². The minimum atomic E-state index is 0.499. The van der Waals surface area contributed by atoms with Gasteiger partial charge in [-0.3, -0.25) is 0 Å². The maximum absolute atomic E-state index is 5.29. The Kier molecular flexibility index (Phi) is 5.00. The van der Waals surface area contributed by atoms with Crippen molar-refractivity contribution in [3.05, 3.63) is 54.6 Å². The lowest BCUT2D eigenvalue weighted by molar-refractivity contribution is 0.415. The zero-order chi connectivity index (χ0) is 18.5. The molecule has 7 nitrogen and oxygen atoms in total. The lowest BCUT2D eigenvalue weighted by atomic mass is 10.3. The molecule has 1 saturated heterocycles. The molecule has 7 heteroatoms. The molecule has 0 bridgehead atoms. The zero-order valence-corrected chi connectivity index (χ0v) is 15.2. The van der Waals surface area contributed by atoms with Crippen LogP contribution in [0.1, 0.15) is 12.8 Å². The van der Waals surface area contributed by atoms with Crippen LogP contribution in [-0.2, 0) is 0 Å². The van der Waals surface area contributed by atoms with Crippen LogP contribution < -0.4 is 20.3 Å². The van der Waals surface area contributed by atoms with Crippen LogP contribution in [0.3, 0.4) is 0 Å². The number of aromatic nitrogens is 3. The van der Waals surface area contributed by atoms with Gasteiger partial charge in [-0.1, -0.05) is 24.3 Å². The number of rotatable bonds is 6. The van der Waals surface area contributed by atoms with Gasteiger partial charge in [0.15, 0.2) is 0 Å². The zero-order valence-electron chi connectivity index (χ0n) is 15.2. The van der Waals surface area contributed by atoms with Gasteiger partial charge in [0.2, 0.25) is 17.8 Å². The molecule has 1 aromatic heterocycles. The standard InChI is InChI=1S/C20H22N6O/c1-27-17-11-7-10-16(14-17)22-19-23-18(21-15-8-3-2-4-9-15)24-20(25-19)26-12-5-6-13-26/h2-4,7-11,14H,5-6,12-13H2,1H3,(H2,21,22,23,24,25). The largest absolute Gasteiger partial charge is 0.497 e. The molecule has 0 spiro atoms. The monoisotopic (exact) mass is 362 g/mol. The van der Waals surface area contributed by atoms with Crippen LogP contribution >= 0.6 is 0 Å². The first-order valence-electron chi connectivity index (χ1n) is 9.04. The molecular formula is C20H22N6O. The minimum Gasteiger partial charge on any atom is -0.497 e. The third kappa shape index (κ3) is 4.25. The minimum absolute atomic E-state index is 0.499. The number of hydrogen-bond donors (Lipinski definition) is 2. The fourth-order valence-corrected chi connectivity index (χ4v) is 3.02. The quantitative estimate of drug-likeness (QED) is 0.687. The van der Waals surface area contributed by atoms with Crippen molar-refractivity contribution in [1.82, 2.24) is 15.0 Å². The number of hydrogen-bond acceptors (Lipinski definition) is 7. The average Bonchev–Trinajstić information content (AvgIpc) is 3.24. The molecule has 2 aromatic carbocycles. The Morgan fingerprint density at radius 3 is 2.19 bits per heavy atom. The van der Waals surface area contributed by atoms with Gasteiger partial charge in [-0.25, -0.2) is 0 Å². The molecular weight excluding hydrogens is 340 g/mol. The molecule has 138 valence electrons. The van der Waals surface area contributed by atoms with Crippen molar-refractivity contribution < 1.29 is 4.74 Å². The fraction of sp³-hybridized carbons (Fsp3) is 0.250. The van der Waals surface area contributed by atoms with E-state index in [0.717, 1.165) is 43.1 Å². The number of para-hydroxylation sites is 1. The summed E-state index contributed by atoms with van der Waals surface area (Å²) >= 11 is 0. The van der Waals surface area contributed by atoms with Crippen LogP contribution in [0.5, 0.6) is 5.75 Å². The molecule has 0 aliphatic carbocycles. The van der Waals surface area contributed by atoms with Crippen LogP contribution in [0.2, 0.25) is 0 Å². The number of anilines is 5. The van der Waals surface area contributed by atoms with Crippen LogP contribution in [-0.4, -0.2) is 35.2 Å². The molecule has 27 heavy (non-hydrogen) atoms. The van der Waals surface area contributed by atoms with E-state index in [4.69, 9.17) is 4.74 Å². The predicted molar refractivity (Wildman–Crippen MR) is 107 cm³/mol. The molecule has 0 amide bonds. The third-order valence-electron chi connectivity index (χ3n) is 4.37. The van der Waals surface area contributed by atoms with Crippen molar-refractivity contribution in [3.8, 4) is 5.75 Å². The van der Waals surface area contributed by atoms with Gasteiger partial charge >= 0.3 is 0 Å². The van der Waals surface area contributed by atoms with Crippen molar-refractivity contribution in [3.63, 3.8) is 0 Å². The van der Waals surface area contributed by atoms with E-state index in [1.807, 2.05) is 54.6 Å². The van der Waals surface area contributed by atoms with Gasteiger partial charge in [-0.15, -0.1) is 0 Å². The van der Waals surface area contributed by atoms with Crippen molar-refractivity contribution in [2.45, 2.75) is 12.8 Å².